The average Bonchev–Trinajstić information content (AvgIpc) is 2.70. The number of hydrogen-bond donors (Lipinski definition) is 1. The highest BCUT2D eigenvalue weighted by Crippen LogP contribution is 2.36. The Morgan fingerprint density at radius 2 is 1.66 bits per heavy atom. The van der Waals surface area contributed by atoms with Crippen molar-refractivity contribution in [2.24, 2.45) is 0 Å². The van der Waals surface area contributed by atoms with Crippen LogP contribution in [0.4, 0.5) is 13.2 Å². The van der Waals surface area contributed by atoms with Crippen molar-refractivity contribution in [3.63, 3.8) is 0 Å². The van der Waals surface area contributed by atoms with Crippen LogP contribution in [0.15, 0.2) is 42.5 Å². The van der Waals surface area contributed by atoms with E-state index in [4.69, 9.17) is 9.47 Å². The van der Waals surface area contributed by atoms with Crippen LogP contribution >= 0.6 is 0 Å². The van der Waals surface area contributed by atoms with Gasteiger partial charge in [-0.1, -0.05) is 18.2 Å². The smallest absolute Gasteiger partial charge is 0.493 e. The van der Waals surface area contributed by atoms with Crippen molar-refractivity contribution in [2.45, 2.75) is 19.3 Å². The number of piperazine rings is 1. The molecule has 0 aromatic heterocycles. The lowest BCUT2D eigenvalue weighted by Gasteiger charge is -2.36. The zero-order valence-electron chi connectivity index (χ0n) is 16.5. The minimum absolute atomic E-state index is 0.123. The van der Waals surface area contributed by atoms with Gasteiger partial charge < -0.3 is 19.5 Å². The van der Waals surface area contributed by atoms with Crippen molar-refractivity contribution in [3.05, 3.63) is 53.6 Å². The molecule has 0 unspecified atom stereocenters. The fourth-order valence-electron chi connectivity index (χ4n) is 3.54. The first-order valence-electron chi connectivity index (χ1n) is 9.52. The van der Waals surface area contributed by atoms with Gasteiger partial charge in [0.15, 0.2) is 11.5 Å². The van der Waals surface area contributed by atoms with Gasteiger partial charge in [0.25, 0.3) is 0 Å². The first-order chi connectivity index (χ1) is 13.9. The third-order valence-electron chi connectivity index (χ3n) is 4.75. The van der Waals surface area contributed by atoms with E-state index in [0.717, 1.165) is 37.3 Å². The lowest BCUT2D eigenvalue weighted by molar-refractivity contribution is -0.274. The van der Waals surface area contributed by atoms with Crippen LogP contribution in [-0.4, -0.2) is 51.2 Å². The molecule has 1 saturated heterocycles. The number of benzene rings is 2. The first kappa shape index (κ1) is 21.3. The second kappa shape index (κ2) is 9.37. The molecule has 0 saturated carbocycles. The number of nitrogens with one attached hydrogen (secondary N) is 1. The normalized spacial score (nSPS) is 16.3. The Labute approximate surface area is 168 Å². The van der Waals surface area contributed by atoms with E-state index in [0.29, 0.717) is 18.1 Å². The van der Waals surface area contributed by atoms with Crippen LogP contribution in [-0.2, 0) is 0 Å². The fourth-order valence-corrected chi connectivity index (χ4v) is 3.54. The van der Waals surface area contributed by atoms with Crippen molar-refractivity contribution in [1.82, 2.24) is 10.2 Å². The second-order valence-electron chi connectivity index (χ2n) is 6.65. The number of ether oxygens (including phenoxy) is 3. The van der Waals surface area contributed by atoms with Gasteiger partial charge >= 0.3 is 6.36 Å². The number of methoxy groups -OCH3 is 1. The second-order valence-corrected chi connectivity index (χ2v) is 6.65. The maximum Gasteiger partial charge on any atom is 0.573 e. The van der Waals surface area contributed by atoms with Crippen molar-refractivity contribution < 1.29 is 27.4 Å². The zero-order chi connectivity index (χ0) is 20.9. The molecule has 1 heterocycles. The molecule has 0 aliphatic carbocycles. The van der Waals surface area contributed by atoms with Gasteiger partial charge in [0.05, 0.1) is 19.8 Å². The molecule has 158 valence electrons. The van der Waals surface area contributed by atoms with Crippen LogP contribution in [0, 0.1) is 0 Å². The third kappa shape index (κ3) is 5.55. The molecular formula is C21H25F3N2O3. The Kier molecular flexibility index (Phi) is 6.87. The zero-order valence-corrected chi connectivity index (χ0v) is 16.5. The van der Waals surface area contributed by atoms with Crippen molar-refractivity contribution >= 4 is 0 Å². The Balaban J connectivity index is 1.96. The lowest BCUT2D eigenvalue weighted by atomic mass is 9.96. The molecule has 29 heavy (non-hydrogen) atoms. The molecule has 2 aromatic carbocycles. The quantitative estimate of drug-likeness (QED) is 0.748. The molecule has 1 aliphatic rings. The van der Waals surface area contributed by atoms with E-state index in [1.807, 2.05) is 25.1 Å². The van der Waals surface area contributed by atoms with Crippen molar-refractivity contribution in [1.29, 1.82) is 0 Å². The Hall–Kier alpha value is -2.45. The molecule has 2 aromatic rings. The predicted molar refractivity (Wildman–Crippen MR) is 104 cm³/mol. The molecule has 1 N–H and O–H groups in total. The van der Waals surface area contributed by atoms with E-state index in [1.54, 1.807) is 19.2 Å². The fraction of sp³-hybridized carbons (Fsp3) is 0.429. The summed E-state index contributed by atoms with van der Waals surface area (Å²) in [5.74, 6) is 1.05. The summed E-state index contributed by atoms with van der Waals surface area (Å²) in [5.41, 5.74) is 1.87. The summed E-state index contributed by atoms with van der Waals surface area (Å²) in [6.45, 7) is 5.74. The van der Waals surface area contributed by atoms with Crippen molar-refractivity contribution in [3.8, 4) is 17.2 Å². The largest absolute Gasteiger partial charge is 0.573 e. The summed E-state index contributed by atoms with van der Waals surface area (Å²) in [4.78, 5) is 2.30. The molecule has 1 fully saturated rings. The Bertz CT molecular complexity index is 791. The van der Waals surface area contributed by atoms with Crippen LogP contribution in [0.2, 0.25) is 0 Å². The van der Waals surface area contributed by atoms with Gasteiger partial charge in [-0.25, -0.2) is 0 Å². The minimum atomic E-state index is -4.71. The average molecular weight is 410 g/mol. The van der Waals surface area contributed by atoms with E-state index in [1.165, 1.54) is 12.1 Å². The van der Waals surface area contributed by atoms with Gasteiger partial charge in [-0.3, -0.25) is 4.90 Å². The number of halogens is 3. The van der Waals surface area contributed by atoms with Gasteiger partial charge in [-0.2, -0.15) is 0 Å². The van der Waals surface area contributed by atoms with E-state index < -0.39 is 6.36 Å². The van der Waals surface area contributed by atoms with Crippen LogP contribution in [0.1, 0.15) is 24.1 Å². The van der Waals surface area contributed by atoms with Crippen LogP contribution in [0.25, 0.3) is 0 Å². The molecule has 5 nitrogen and oxygen atoms in total. The number of hydrogen-bond acceptors (Lipinski definition) is 5. The highest BCUT2D eigenvalue weighted by atomic mass is 19.4. The van der Waals surface area contributed by atoms with E-state index in [2.05, 4.69) is 15.0 Å². The predicted octanol–water partition coefficient (Wildman–Crippen LogP) is 3.99. The van der Waals surface area contributed by atoms with Gasteiger partial charge in [0, 0.05) is 26.2 Å². The molecule has 8 heteroatoms. The van der Waals surface area contributed by atoms with Gasteiger partial charge in [0.1, 0.15) is 5.75 Å². The Morgan fingerprint density at radius 1 is 1.00 bits per heavy atom. The first-order valence-corrected chi connectivity index (χ1v) is 9.52. The number of alkyl halides is 3. The third-order valence-corrected chi connectivity index (χ3v) is 4.75. The lowest BCUT2D eigenvalue weighted by Crippen LogP contribution is -2.45. The van der Waals surface area contributed by atoms with Crippen LogP contribution in [0.3, 0.4) is 0 Å². The van der Waals surface area contributed by atoms with E-state index in [9.17, 15) is 13.2 Å². The molecule has 0 amide bonds. The molecule has 0 spiro atoms. The molecule has 3 rings (SSSR count). The van der Waals surface area contributed by atoms with Gasteiger partial charge in [0.2, 0.25) is 0 Å². The summed E-state index contributed by atoms with van der Waals surface area (Å²) in [6.07, 6.45) is -4.71. The maximum atomic E-state index is 12.5. The number of rotatable bonds is 7. The van der Waals surface area contributed by atoms with Crippen LogP contribution in [0.5, 0.6) is 17.2 Å². The standard InChI is InChI=1S/C21H25F3N2O3/c1-3-28-19-14-16(6-9-18(19)27-2)20(26-12-10-25-11-13-26)15-4-7-17(8-5-15)29-21(22,23)24/h4-9,14,20,25H,3,10-13H2,1-2H3/t20-/m0/s1. The summed E-state index contributed by atoms with van der Waals surface area (Å²) in [7, 11) is 1.59. The summed E-state index contributed by atoms with van der Waals surface area (Å²) < 4.78 is 52.5. The molecular weight excluding hydrogens is 385 g/mol. The minimum Gasteiger partial charge on any atom is -0.493 e. The van der Waals surface area contributed by atoms with Crippen LogP contribution < -0.4 is 19.5 Å². The molecule has 1 atom stereocenters. The summed E-state index contributed by atoms with van der Waals surface area (Å²) >= 11 is 0. The highest BCUT2D eigenvalue weighted by Gasteiger charge is 2.31. The SMILES string of the molecule is CCOc1cc([C@H](c2ccc(OC(F)(F)F)cc2)N2CCNCC2)ccc1OC. The van der Waals surface area contributed by atoms with Gasteiger partial charge in [-0.15, -0.1) is 13.2 Å². The molecule has 1 aliphatic heterocycles. The van der Waals surface area contributed by atoms with Gasteiger partial charge in [-0.05, 0) is 42.3 Å². The highest BCUT2D eigenvalue weighted by molar-refractivity contribution is 5.46. The number of nitrogens with zero attached hydrogens (tertiary/aromatic N) is 1. The monoisotopic (exact) mass is 410 g/mol. The Morgan fingerprint density at radius 3 is 2.24 bits per heavy atom. The maximum absolute atomic E-state index is 12.5. The molecule has 0 bridgehead atoms. The van der Waals surface area contributed by atoms with Crippen molar-refractivity contribution in [2.75, 3.05) is 39.9 Å². The summed E-state index contributed by atoms with van der Waals surface area (Å²) in [6, 6.07) is 11.7. The van der Waals surface area contributed by atoms with E-state index in [-0.39, 0.29) is 11.8 Å². The van der Waals surface area contributed by atoms with E-state index >= 15 is 0 Å². The summed E-state index contributed by atoms with van der Waals surface area (Å²) in [5, 5.41) is 3.33. The molecule has 0 radical (unpaired) electrons. The topological polar surface area (TPSA) is 43.0 Å².